The molecule has 0 atom stereocenters. The van der Waals surface area contributed by atoms with Crippen molar-refractivity contribution in [2.24, 2.45) is 0 Å². The Labute approximate surface area is 84.5 Å². The van der Waals surface area contributed by atoms with Crippen LogP contribution in [0.5, 0.6) is 0 Å². The van der Waals surface area contributed by atoms with Gasteiger partial charge in [0.2, 0.25) is 0 Å². The first-order chi connectivity index (χ1) is 6.99. The van der Waals surface area contributed by atoms with E-state index in [1.807, 2.05) is 0 Å². The molecule has 1 N–H and O–H groups in total. The first kappa shape index (κ1) is 11.6. The maximum Gasteiger partial charge on any atom is 0.435 e. The fourth-order valence-corrected chi connectivity index (χ4v) is 1.18. The number of halogens is 3. The maximum atomic E-state index is 12.4. The second kappa shape index (κ2) is 4.36. The first-order valence-corrected chi connectivity index (χ1v) is 4.17. The highest BCUT2D eigenvalue weighted by atomic mass is 19.4. The summed E-state index contributed by atoms with van der Waals surface area (Å²) in [5, 5.41) is 11.9. The van der Waals surface area contributed by atoms with Crippen LogP contribution in [0, 0.1) is 12.3 Å². The molecule has 0 aliphatic carbocycles. The zero-order valence-corrected chi connectivity index (χ0v) is 7.75. The lowest BCUT2D eigenvalue weighted by atomic mass is 10.2. The minimum atomic E-state index is -4.51. The molecular weight excluding hydrogens is 209 g/mol. The van der Waals surface area contributed by atoms with E-state index in [1.165, 1.54) is 6.20 Å². The van der Waals surface area contributed by atoms with Crippen molar-refractivity contribution >= 4 is 0 Å². The Balaban J connectivity index is 3.07. The molecule has 0 radical (unpaired) electrons. The van der Waals surface area contributed by atoms with Crippen LogP contribution in [-0.2, 0) is 19.1 Å². The van der Waals surface area contributed by atoms with E-state index in [9.17, 15) is 13.2 Å². The van der Waals surface area contributed by atoms with Gasteiger partial charge in [0.25, 0.3) is 0 Å². The summed E-state index contributed by atoms with van der Waals surface area (Å²) < 4.78 is 38.3. The second-order valence-electron chi connectivity index (χ2n) is 2.88. The number of terminal acetylenes is 1. The van der Waals surface area contributed by atoms with Gasteiger partial charge in [-0.05, 0) is 6.42 Å². The van der Waals surface area contributed by atoms with Gasteiger partial charge < -0.3 is 5.11 Å². The fraction of sp³-hybridized carbons (Fsp3) is 0.444. The molecule has 0 fully saturated rings. The lowest BCUT2D eigenvalue weighted by molar-refractivity contribution is -0.142. The number of aliphatic hydroxyl groups excluding tert-OH is 1. The standard InChI is InChI=1S/C9H9F3N2O/c1-2-4-14-6-7(3-5-15)8(13-14)9(10,11)12/h1,6,15H,3-5H2. The van der Waals surface area contributed by atoms with E-state index in [-0.39, 0.29) is 25.1 Å². The van der Waals surface area contributed by atoms with Crippen molar-refractivity contribution < 1.29 is 18.3 Å². The van der Waals surface area contributed by atoms with Crippen molar-refractivity contribution in [3.63, 3.8) is 0 Å². The van der Waals surface area contributed by atoms with Crippen molar-refractivity contribution in [1.82, 2.24) is 9.78 Å². The van der Waals surface area contributed by atoms with Gasteiger partial charge in [0.15, 0.2) is 5.69 Å². The Morgan fingerprint density at radius 3 is 2.67 bits per heavy atom. The Morgan fingerprint density at radius 1 is 1.53 bits per heavy atom. The van der Waals surface area contributed by atoms with E-state index < -0.39 is 11.9 Å². The molecule has 1 aromatic heterocycles. The highest BCUT2D eigenvalue weighted by Crippen LogP contribution is 2.30. The van der Waals surface area contributed by atoms with E-state index in [0.717, 1.165) is 4.68 Å². The van der Waals surface area contributed by atoms with Crippen LogP contribution in [0.25, 0.3) is 0 Å². The number of aliphatic hydroxyl groups is 1. The zero-order valence-electron chi connectivity index (χ0n) is 7.75. The molecule has 1 rings (SSSR count). The maximum absolute atomic E-state index is 12.4. The molecule has 3 nitrogen and oxygen atoms in total. The third kappa shape index (κ3) is 2.73. The summed E-state index contributed by atoms with van der Waals surface area (Å²) in [6, 6.07) is 0. The topological polar surface area (TPSA) is 38.0 Å². The van der Waals surface area contributed by atoms with E-state index in [0.29, 0.717) is 0 Å². The molecule has 0 aliphatic rings. The van der Waals surface area contributed by atoms with Crippen molar-refractivity contribution in [1.29, 1.82) is 0 Å². The lowest BCUT2D eigenvalue weighted by Gasteiger charge is -2.04. The number of hydrogen-bond donors (Lipinski definition) is 1. The summed E-state index contributed by atoms with van der Waals surface area (Å²) in [4.78, 5) is 0. The van der Waals surface area contributed by atoms with E-state index in [4.69, 9.17) is 11.5 Å². The molecular formula is C9H9F3N2O. The number of aromatic nitrogens is 2. The van der Waals surface area contributed by atoms with Crippen LogP contribution >= 0.6 is 0 Å². The van der Waals surface area contributed by atoms with Crippen LogP contribution in [-0.4, -0.2) is 21.5 Å². The van der Waals surface area contributed by atoms with Gasteiger partial charge in [0.05, 0.1) is 0 Å². The summed E-state index contributed by atoms with van der Waals surface area (Å²) in [6.45, 7) is -0.376. The molecule has 0 aromatic carbocycles. The molecule has 1 heterocycles. The van der Waals surface area contributed by atoms with Gasteiger partial charge in [-0.3, -0.25) is 4.68 Å². The van der Waals surface area contributed by atoms with Crippen LogP contribution in [0.15, 0.2) is 6.20 Å². The minimum Gasteiger partial charge on any atom is -0.396 e. The van der Waals surface area contributed by atoms with Crippen molar-refractivity contribution in [3.05, 3.63) is 17.5 Å². The van der Waals surface area contributed by atoms with E-state index in [2.05, 4.69) is 11.0 Å². The van der Waals surface area contributed by atoms with Gasteiger partial charge in [-0.2, -0.15) is 18.3 Å². The van der Waals surface area contributed by atoms with Gasteiger partial charge in [-0.25, -0.2) is 0 Å². The number of rotatable bonds is 3. The second-order valence-corrected chi connectivity index (χ2v) is 2.88. The summed E-state index contributed by atoms with van der Waals surface area (Å²) in [7, 11) is 0. The highest BCUT2D eigenvalue weighted by molar-refractivity contribution is 5.20. The molecule has 15 heavy (non-hydrogen) atoms. The van der Waals surface area contributed by atoms with Crippen molar-refractivity contribution in [3.8, 4) is 12.3 Å². The lowest BCUT2D eigenvalue weighted by Crippen LogP contribution is -2.10. The third-order valence-electron chi connectivity index (χ3n) is 1.74. The summed E-state index contributed by atoms with van der Waals surface area (Å²) in [6.07, 6.45) is 1.58. The molecule has 0 spiro atoms. The van der Waals surface area contributed by atoms with Crippen LogP contribution < -0.4 is 0 Å². The zero-order chi connectivity index (χ0) is 11.5. The molecule has 0 aliphatic heterocycles. The highest BCUT2D eigenvalue weighted by Gasteiger charge is 2.36. The third-order valence-corrected chi connectivity index (χ3v) is 1.74. The van der Waals surface area contributed by atoms with Gasteiger partial charge >= 0.3 is 6.18 Å². The minimum absolute atomic E-state index is 0.0193. The molecule has 6 heteroatoms. The fourth-order valence-electron chi connectivity index (χ4n) is 1.18. The predicted octanol–water partition coefficient (Wildman–Crippen LogP) is 1.07. The molecule has 0 unspecified atom stereocenters. The Kier molecular flexibility index (Phi) is 3.37. The monoisotopic (exact) mass is 218 g/mol. The summed E-state index contributed by atoms with van der Waals surface area (Å²) in [5.74, 6) is 2.19. The molecule has 0 saturated carbocycles. The number of hydrogen-bond acceptors (Lipinski definition) is 2. The SMILES string of the molecule is C#CCn1cc(CCO)c(C(F)(F)F)n1. The van der Waals surface area contributed by atoms with Gasteiger partial charge in [0.1, 0.15) is 6.54 Å². The number of alkyl halides is 3. The van der Waals surface area contributed by atoms with Crippen LogP contribution in [0.1, 0.15) is 11.3 Å². The number of nitrogens with zero attached hydrogens (tertiary/aromatic N) is 2. The van der Waals surface area contributed by atoms with Gasteiger partial charge in [0, 0.05) is 18.4 Å². The summed E-state index contributed by atoms with van der Waals surface area (Å²) in [5.41, 5.74) is -1.02. The largest absolute Gasteiger partial charge is 0.435 e. The average molecular weight is 218 g/mol. The first-order valence-electron chi connectivity index (χ1n) is 4.17. The quantitative estimate of drug-likeness (QED) is 0.770. The van der Waals surface area contributed by atoms with Crippen LogP contribution in [0.2, 0.25) is 0 Å². The smallest absolute Gasteiger partial charge is 0.396 e. The van der Waals surface area contributed by atoms with Crippen LogP contribution in [0.4, 0.5) is 13.2 Å². The Bertz CT molecular complexity index is 376. The molecule has 0 saturated heterocycles. The van der Waals surface area contributed by atoms with E-state index in [1.54, 1.807) is 0 Å². The molecule has 1 aromatic rings. The Hall–Kier alpha value is -1.48. The van der Waals surface area contributed by atoms with Gasteiger partial charge in [-0.15, -0.1) is 6.42 Å². The molecule has 0 amide bonds. The predicted molar refractivity (Wildman–Crippen MR) is 46.9 cm³/mol. The molecule has 82 valence electrons. The van der Waals surface area contributed by atoms with Gasteiger partial charge in [-0.1, -0.05) is 5.92 Å². The van der Waals surface area contributed by atoms with Crippen LogP contribution in [0.3, 0.4) is 0 Å². The molecule has 0 bridgehead atoms. The van der Waals surface area contributed by atoms with E-state index >= 15 is 0 Å². The van der Waals surface area contributed by atoms with Crippen molar-refractivity contribution in [2.45, 2.75) is 19.1 Å². The summed E-state index contributed by atoms with van der Waals surface area (Å²) >= 11 is 0. The Morgan fingerprint density at radius 2 is 2.20 bits per heavy atom. The van der Waals surface area contributed by atoms with Crippen molar-refractivity contribution in [2.75, 3.05) is 6.61 Å². The normalized spacial score (nSPS) is 11.4. The average Bonchev–Trinajstić information content (AvgIpc) is 2.49.